The molecule has 0 aromatic rings. The molecule has 0 amide bonds. The molecule has 0 radical (unpaired) electrons. The third-order valence-corrected chi connectivity index (χ3v) is 3.62. The Bertz CT molecular complexity index is 148. The van der Waals surface area contributed by atoms with Gasteiger partial charge in [-0.05, 0) is 50.7 Å². The normalized spacial score (nSPS) is 22.9. The van der Waals surface area contributed by atoms with Crippen LogP contribution in [0.2, 0.25) is 0 Å². The van der Waals surface area contributed by atoms with E-state index in [0.717, 1.165) is 5.92 Å². The summed E-state index contributed by atoms with van der Waals surface area (Å²) in [5.74, 6) is 1.52. The van der Waals surface area contributed by atoms with Gasteiger partial charge in [0.2, 0.25) is 0 Å². The summed E-state index contributed by atoms with van der Waals surface area (Å²) in [5, 5.41) is 0. The third-order valence-electron chi connectivity index (χ3n) is 3.62. The molecule has 1 aliphatic rings. The summed E-state index contributed by atoms with van der Waals surface area (Å²) in [6, 6.07) is 0.410. The van der Waals surface area contributed by atoms with Crippen LogP contribution in [-0.4, -0.2) is 30.6 Å². The Morgan fingerprint density at radius 3 is 2.29 bits per heavy atom. The largest absolute Gasteiger partial charge is 0.327 e. The Labute approximate surface area is 88.8 Å². The highest BCUT2D eigenvalue weighted by Gasteiger charge is 2.21. The van der Waals surface area contributed by atoms with Gasteiger partial charge in [-0.2, -0.15) is 0 Å². The first kappa shape index (κ1) is 12.0. The molecule has 84 valence electrons. The van der Waals surface area contributed by atoms with E-state index in [-0.39, 0.29) is 0 Å². The van der Waals surface area contributed by atoms with Crippen LogP contribution in [0.25, 0.3) is 0 Å². The van der Waals surface area contributed by atoms with Gasteiger partial charge < -0.3 is 10.6 Å². The highest BCUT2D eigenvalue weighted by Crippen LogP contribution is 2.23. The van der Waals surface area contributed by atoms with E-state index in [1.165, 1.54) is 38.9 Å². The van der Waals surface area contributed by atoms with Crippen molar-refractivity contribution in [2.45, 2.75) is 46.1 Å². The van der Waals surface area contributed by atoms with Gasteiger partial charge >= 0.3 is 0 Å². The Morgan fingerprint density at radius 1 is 1.29 bits per heavy atom. The number of hydrogen-bond acceptors (Lipinski definition) is 2. The molecule has 0 saturated carbocycles. The average molecular weight is 198 g/mol. The number of likely N-dealkylation sites (tertiary alicyclic amines) is 1. The second-order valence-electron chi connectivity index (χ2n) is 5.02. The number of hydrogen-bond donors (Lipinski definition) is 1. The van der Waals surface area contributed by atoms with Gasteiger partial charge in [0.1, 0.15) is 0 Å². The first-order valence-electron chi connectivity index (χ1n) is 6.11. The molecule has 1 unspecified atom stereocenters. The van der Waals surface area contributed by atoms with Crippen molar-refractivity contribution in [2.75, 3.05) is 19.6 Å². The number of nitrogens with two attached hydrogens (primary N) is 1. The van der Waals surface area contributed by atoms with Crippen LogP contribution in [0.15, 0.2) is 0 Å². The fraction of sp³-hybridized carbons (Fsp3) is 1.00. The van der Waals surface area contributed by atoms with E-state index in [1.807, 2.05) is 0 Å². The van der Waals surface area contributed by atoms with Crippen molar-refractivity contribution in [3.8, 4) is 0 Å². The van der Waals surface area contributed by atoms with Crippen LogP contribution >= 0.6 is 0 Å². The summed E-state index contributed by atoms with van der Waals surface area (Å²) < 4.78 is 0. The molecular weight excluding hydrogens is 172 g/mol. The molecule has 0 aromatic carbocycles. The van der Waals surface area contributed by atoms with E-state index in [4.69, 9.17) is 5.73 Å². The number of nitrogens with zero attached hydrogens (tertiary/aromatic N) is 1. The van der Waals surface area contributed by atoms with Crippen LogP contribution < -0.4 is 5.73 Å². The van der Waals surface area contributed by atoms with Crippen molar-refractivity contribution in [3.63, 3.8) is 0 Å². The molecule has 0 aromatic heterocycles. The van der Waals surface area contributed by atoms with E-state index in [9.17, 15) is 0 Å². The maximum absolute atomic E-state index is 6.10. The van der Waals surface area contributed by atoms with Crippen molar-refractivity contribution in [3.05, 3.63) is 0 Å². The highest BCUT2D eigenvalue weighted by atomic mass is 15.1. The van der Waals surface area contributed by atoms with Crippen molar-refractivity contribution in [1.82, 2.24) is 4.90 Å². The minimum Gasteiger partial charge on any atom is -0.327 e. The molecule has 1 rings (SSSR count). The maximum Gasteiger partial charge on any atom is 0.00645 e. The molecule has 2 heteroatoms. The monoisotopic (exact) mass is 198 g/mol. The molecule has 14 heavy (non-hydrogen) atoms. The average Bonchev–Trinajstić information content (AvgIpc) is 2.19. The third kappa shape index (κ3) is 3.58. The predicted octanol–water partition coefficient (Wildman–Crippen LogP) is 2.09. The molecule has 0 aliphatic carbocycles. The van der Waals surface area contributed by atoms with Gasteiger partial charge in [0.15, 0.2) is 0 Å². The van der Waals surface area contributed by atoms with Crippen LogP contribution in [0.5, 0.6) is 0 Å². The van der Waals surface area contributed by atoms with Gasteiger partial charge in [0, 0.05) is 6.04 Å². The summed E-state index contributed by atoms with van der Waals surface area (Å²) in [6.45, 7) is 10.5. The van der Waals surface area contributed by atoms with Crippen molar-refractivity contribution >= 4 is 0 Å². The Kier molecular flexibility index (Phi) is 4.90. The van der Waals surface area contributed by atoms with Gasteiger partial charge in [-0.25, -0.2) is 0 Å². The standard InChI is InChI=1S/C12H26N2/c1-4-14-7-5-11(6-8-14)9-12(13)10(2)3/h10-12H,4-9,13H2,1-3H3. The first-order chi connectivity index (χ1) is 6.63. The predicted molar refractivity (Wildman–Crippen MR) is 62.3 cm³/mol. The molecule has 1 aliphatic heterocycles. The molecule has 2 N–H and O–H groups in total. The fourth-order valence-corrected chi connectivity index (χ4v) is 2.20. The molecule has 1 atom stereocenters. The van der Waals surface area contributed by atoms with Crippen LogP contribution in [0, 0.1) is 11.8 Å². The van der Waals surface area contributed by atoms with Crippen LogP contribution in [-0.2, 0) is 0 Å². The molecular formula is C12H26N2. The fourth-order valence-electron chi connectivity index (χ4n) is 2.20. The lowest BCUT2D eigenvalue weighted by atomic mass is 9.87. The quantitative estimate of drug-likeness (QED) is 0.749. The van der Waals surface area contributed by atoms with Gasteiger partial charge in [0.05, 0.1) is 0 Å². The van der Waals surface area contributed by atoms with Crippen molar-refractivity contribution < 1.29 is 0 Å². The van der Waals surface area contributed by atoms with E-state index < -0.39 is 0 Å². The molecule has 1 fully saturated rings. The molecule has 1 heterocycles. The molecule has 2 nitrogen and oxygen atoms in total. The van der Waals surface area contributed by atoms with Crippen LogP contribution in [0.1, 0.15) is 40.0 Å². The number of piperidine rings is 1. The van der Waals surface area contributed by atoms with Gasteiger partial charge in [-0.3, -0.25) is 0 Å². The van der Waals surface area contributed by atoms with Gasteiger partial charge in [-0.15, -0.1) is 0 Å². The maximum atomic E-state index is 6.10. The SMILES string of the molecule is CCN1CCC(CC(N)C(C)C)CC1. The minimum atomic E-state index is 0.410. The second-order valence-corrected chi connectivity index (χ2v) is 5.02. The van der Waals surface area contributed by atoms with E-state index in [1.54, 1.807) is 0 Å². The summed E-state index contributed by atoms with van der Waals surface area (Å²) in [7, 11) is 0. The zero-order valence-electron chi connectivity index (χ0n) is 10.00. The van der Waals surface area contributed by atoms with Gasteiger partial charge in [0.25, 0.3) is 0 Å². The Hall–Kier alpha value is -0.0800. The second kappa shape index (κ2) is 5.72. The summed E-state index contributed by atoms with van der Waals surface area (Å²) in [6.07, 6.45) is 3.94. The molecule has 0 bridgehead atoms. The lowest BCUT2D eigenvalue weighted by molar-refractivity contribution is 0.177. The summed E-state index contributed by atoms with van der Waals surface area (Å²) in [4.78, 5) is 2.54. The number of rotatable bonds is 4. The summed E-state index contributed by atoms with van der Waals surface area (Å²) >= 11 is 0. The van der Waals surface area contributed by atoms with E-state index in [0.29, 0.717) is 12.0 Å². The highest BCUT2D eigenvalue weighted by molar-refractivity contribution is 4.76. The van der Waals surface area contributed by atoms with Crippen LogP contribution in [0.3, 0.4) is 0 Å². The smallest absolute Gasteiger partial charge is 0.00645 e. The summed E-state index contributed by atoms with van der Waals surface area (Å²) in [5.41, 5.74) is 6.10. The zero-order chi connectivity index (χ0) is 10.6. The lowest BCUT2D eigenvalue weighted by Crippen LogP contribution is -2.37. The van der Waals surface area contributed by atoms with E-state index in [2.05, 4.69) is 25.7 Å². The van der Waals surface area contributed by atoms with E-state index >= 15 is 0 Å². The van der Waals surface area contributed by atoms with Crippen molar-refractivity contribution in [2.24, 2.45) is 17.6 Å². The topological polar surface area (TPSA) is 29.3 Å². The Morgan fingerprint density at radius 2 is 1.86 bits per heavy atom. The lowest BCUT2D eigenvalue weighted by Gasteiger charge is -2.32. The Balaban J connectivity index is 2.22. The molecule has 1 saturated heterocycles. The zero-order valence-corrected chi connectivity index (χ0v) is 10.00. The van der Waals surface area contributed by atoms with Gasteiger partial charge in [-0.1, -0.05) is 20.8 Å². The molecule has 0 spiro atoms. The minimum absolute atomic E-state index is 0.410. The van der Waals surface area contributed by atoms with Crippen molar-refractivity contribution in [1.29, 1.82) is 0 Å². The van der Waals surface area contributed by atoms with Crippen LogP contribution in [0.4, 0.5) is 0 Å². The first-order valence-corrected chi connectivity index (χ1v) is 6.11.